The van der Waals surface area contributed by atoms with Gasteiger partial charge >= 0.3 is 0 Å². The van der Waals surface area contributed by atoms with Gasteiger partial charge in [0.15, 0.2) is 0 Å². The third-order valence-corrected chi connectivity index (χ3v) is 6.53. The molecule has 8 heteroatoms. The van der Waals surface area contributed by atoms with Crippen LogP contribution in [0.5, 0.6) is 0 Å². The van der Waals surface area contributed by atoms with Gasteiger partial charge in [0.1, 0.15) is 10.7 Å². The number of likely N-dealkylation sites (tertiary alicyclic amines) is 1. The van der Waals surface area contributed by atoms with E-state index in [0.29, 0.717) is 27.9 Å². The van der Waals surface area contributed by atoms with Gasteiger partial charge in [-0.25, -0.2) is 0 Å². The van der Waals surface area contributed by atoms with Gasteiger partial charge in [0.2, 0.25) is 5.01 Å². The van der Waals surface area contributed by atoms with Crippen LogP contribution in [0.1, 0.15) is 49.7 Å². The quantitative estimate of drug-likeness (QED) is 0.496. The molecule has 2 aromatic carbocycles. The maximum Gasteiger partial charge on any atom is 0.286 e. The average molecular weight is 432 g/mol. The second-order valence-electron chi connectivity index (χ2n) is 7.69. The van der Waals surface area contributed by atoms with Crippen molar-refractivity contribution < 1.29 is 9.59 Å². The van der Waals surface area contributed by atoms with E-state index in [1.807, 2.05) is 66.4 Å². The largest absolute Gasteiger partial charge is 0.351 e. The Morgan fingerprint density at radius 3 is 2.74 bits per heavy atom. The van der Waals surface area contributed by atoms with Crippen LogP contribution in [0.4, 0.5) is 5.69 Å². The van der Waals surface area contributed by atoms with Crippen LogP contribution in [0, 0.1) is 6.92 Å². The standard InChI is InChI=1S/C23H21N5O2S/c1-14-8-10-16(11-9-14)24-20(29)22-27-26-21(31-22)19-7-4-12-28(19)23(30)18-13-15-5-2-3-6-17(15)25-18/h2-3,5-6,8-11,13,19,25H,4,7,12H2,1H3,(H,24,29). The summed E-state index contributed by atoms with van der Waals surface area (Å²) in [7, 11) is 0. The van der Waals surface area contributed by atoms with E-state index in [0.717, 1.165) is 29.3 Å². The third kappa shape index (κ3) is 3.82. The predicted octanol–water partition coefficient (Wildman–Crippen LogP) is 4.56. The van der Waals surface area contributed by atoms with E-state index in [4.69, 9.17) is 0 Å². The Bertz CT molecular complexity index is 1230. The van der Waals surface area contributed by atoms with Crippen LogP contribution >= 0.6 is 11.3 Å². The number of H-pyrrole nitrogens is 1. The number of carbonyl (C=O) groups excluding carboxylic acids is 2. The normalized spacial score (nSPS) is 16.0. The van der Waals surface area contributed by atoms with Gasteiger partial charge in [-0.05, 0) is 44.0 Å². The molecule has 31 heavy (non-hydrogen) atoms. The minimum Gasteiger partial charge on any atom is -0.351 e. The molecule has 2 aromatic heterocycles. The second kappa shape index (κ2) is 7.96. The van der Waals surface area contributed by atoms with Gasteiger partial charge in [-0.1, -0.05) is 47.2 Å². The molecule has 4 aromatic rings. The average Bonchev–Trinajstić information content (AvgIpc) is 3.52. The molecule has 7 nitrogen and oxygen atoms in total. The summed E-state index contributed by atoms with van der Waals surface area (Å²) < 4.78 is 0. The zero-order valence-corrected chi connectivity index (χ0v) is 17.8. The number of nitrogens with one attached hydrogen (secondary N) is 2. The first kappa shape index (κ1) is 19.4. The van der Waals surface area contributed by atoms with Crippen molar-refractivity contribution in [1.29, 1.82) is 0 Å². The van der Waals surface area contributed by atoms with Crippen molar-refractivity contribution in [1.82, 2.24) is 20.1 Å². The topological polar surface area (TPSA) is 91.0 Å². The molecule has 0 aliphatic carbocycles. The zero-order valence-electron chi connectivity index (χ0n) is 17.0. The Kier molecular flexibility index (Phi) is 4.99. The SMILES string of the molecule is Cc1ccc(NC(=O)c2nnc(C3CCCN3C(=O)c3cc4ccccc4[nH]3)s2)cc1. The second-order valence-corrected chi connectivity index (χ2v) is 8.70. The predicted molar refractivity (Wildman–Crippen MR) is 120 cm³/mol. The summed E-state index contributed by atoms with van der Waals surface area (Å²) in [4.78, 5) is 30.8. The van der Waals surface area contributed by atoms with Gasteiger partial charge in [0.25, 0.3) is 11.8 Å². The number of para-hydroxylation sites is 1. The number of aromatic amines is 1. The van der Waals surface area contributed by atoms with Gasteiger partial charge in [0.05, 0.1) is 6.04 Å². The Hall–Kier alpha value is -3.52. The summed E-state index contributed by atoms with van der Waals surface area (Å²) in [6.07, 6.45) is 1.70. The number of hydrogen-bond acceptors (Lipinski definition) is 5. The van der Waals surface area contributed by atoms with Crippen molar-refractivity contribution in [3.63, 3.8) is 0 Å². The molecule has 5 rings (SSSR count). The van der Waals surface area contributed by atoms with Gasteiger partial charge in [-0.3, -0.25) is 9.59 Å². The Morgan fingerprint density at radius 1 is 1.13 bits per heavy atom. The van der Waals surface area contributed by atoms with E-state index in [1.165, 1.54) is 11.3 Å². The van der Waals surface area contributed by atoms with E-state index in [-0.39, 0.29) is 17.9 Å². The zero-order chi connectivity index (χ0) is 21.4. The molecule has 1 fully saturated rings. The summed E-state index contributed by atoms with van der Waals surface area (Å²) in [5.74, 6) is -0.348. The first-order valence-corrected chi connectivity index (χ1v) is 11.0. The molecule has 1 aliphatic rings. The fourth-order valence-corrected chi connectivity index (χ4v) is 4.78. The monoisotopic (exact) mass is 431 g/mol. The molecule has 1 aliphatic heterocycles. The van der Waals surface area contributed by atoms with Crippen molar-refractivity contribution in [3.8, 4) is 0 Å². The molecule has 0 radical (unpaired) electrons. The van der Waals surface area contributed by atoms with E-state index in [1.54, 1.807) is 0 Å². The number of fused-ring (bicyclic) bond motifs is 1. The van der Waals surface area contributed by atoms with E-state index in [2.05, 4.69) is 20.5 Å². The number of anilines is 1. The number of nitrogens with zero attached hydrogens (tertiary/aromatic N) is 3. The van der Waals surface area contributed by atoms with Crippen LogP contribution in [0.3, 0.4) is 0 Å². The number of benzene rings is 2. The lowest BCUT2D eigenvalue weighted by Crippen LogP contribution is -2.30. The molecule has 0 saturated carbocycles. The molecule has 156 valence electrons. The third-order valence-electron chi connectivity index (χ3n) is 5.50. The summed E-state index contributed by atoms with van der Waals surface area (Å²) in [6, 6.07) is 17.1. The van der Waals surface area contributed by atoms with Crippen molar-refractivity contribution in [2.45, 2.75) is 25.8 Å². The highest BCUT2D eigenvalue weighted by atomic mass is 32.1. The van der Waals surface area contributed by atoms with Crippen LogP contribution in [0.15, 0.2) is 54.6 Å². The molecule has 3 heterocycles. The van der Waals surface area contributed by atoms with Crippen molar-refractivity contribution in [2.75, 3.05) is 11.9 Å². The molecule has 1 atom stereocenters. The molecule has 2 N–H and O–H groups in total. The highest BCUT2D eigenvalue weighted by molar-refractivity contribution is 7.13. The number of carbonyl (C=O) groups is 2. The fraction of sp³-hybridized carbons (Fsp3) is 0.217. The Labute approximate surface area is 183 Å². The van der Waals surface area contributed by atoms with Gasteiger partial charge in [-0.15, -0.1) is 10.2 Å². The van der Waals surface area contributed by atoms with Crippen molar-refractivity contribution in [2.24, 2.45) is 0 Å². The summed E-state index contributed by atoms with van der Waals surface area (Å²) in [6.45, 7) is 2.65. The Morgan fingerprint density at radius 2 is 1.94 bits per heavy atom. The van der Waals surface area contributed by atoms with Crippen LogP contribution in [-0.4, -0.2) is 38.4 Å². The molecule has 2 amide bonds. The molecule has 0 spiro atoms. The molecule has 1 saturated heterocycles. The molecule has 1 unspecified atom stereocenters. The first-order chi connectivity index (χ1) is 15.1. The minimum absolute atomic E-state index is 0.0560. The van der Waals surface area contributed by atoms with E-state index >= 15 is 0 Å². The molecule has 0 bridgehead atoms. The van der Waals surface area contributed by atoms with Crippen LogP contribution in [0.2, 0.25) is 0 Å². The first-order valence-electron chi connectivity index (χ1n) is 10.2. The smallest absolute Gasteiger partial charge is 0.286 e. The number of aromatic nitrogens is 3. The summed E-state index contributed by atoms with van der Waals surface area (Å²) in [5.41, 5.74) is 3.34. The number of amides is 2. The van der Waals surface area contributed by atoms with Crippen LogP contribution in [0.25, 0.3) is 10.9 Å². The summed E-state index contributed by atoms with van der Waals surface area (Å²) in [5, 5.41) is 13.2. The lowest BCUT2D eigenvalue weighted by Gasteiger charge is -2.22. The van der Waals surface area contributed by atoms with Crippen LogP contribution in [-0.2, 0) is 0 Å². The number of rotatable bonds is 4. The van der Waals surface area contributed by atoms with Gasteiger partial charge in [-0.2, -0.15) is 0 Å². The maximum atomic E-state index is 13.2. The van der Waals surface area contributed by atoms with Crippen molar-refractivity contribution >= 4 is 39.7 Å². The van der Waals surface area contributed by atoms with Crippen molar-refractivity contribution in [3.05, 3.63) is 75.9 Å². The van der Waals surface area contributed by atoms with Gasteiger partial charge in [0, 0.05) is 23.1 Å². The lowest BCUT2D eigenvalue weighted by molar-refractivity contribution is 0.0730. The highest BCUT2D eigenvalue weighted by Gasteiger charge is 2.34. The van der Waals surface area contributed by atoms with E-state index < -0.39 is 0 Å². The molecular formula is C23H21N5O2S. The fourth-order valence-electron chi connectivity index (χ4n) is 3.89. The minimum atomic E-state index is -0.293. The van der Waals surface area contributed by atoms with Crippen LogP contribution < -0.4 is 5.32 Å². The maximum absolute atomic E-state index is 13.2. The van der Waals surface area contributed by atoms with Gasteiger partial charge < -0.3 is 15.2 Å². The number of hydrogen-bond donors (Lipinski definition) is 2. The number of aryl methyl sites for hydroxylation is 1. The summed E-state index contributed by atoms with van der Waals surface area (Å²) >= 11 is 1.24. The van der Waals surface area contributed by atoms with E-state index in [9.17, 15) is 9.59 Å². The highest BCUT2D eigenvalue weighted by Crippen LogP contribution is 2.35. The Balaban J connectivity index is 1.33. The lowest BCUT2D eigenvalue weighted by atomic mass is 10.2. The molecular weight excluding hydrogens is 410 g/mol.